The Morgan fingerprint density at radius 3 is 2.43 bits per heavy atom. The predicted molar refractivity (Wildman–Crippen MR) is 107 cm³/mol. The van der Waals surface area contributed by atoms with Crippen molar-refractivity contribution in [1.29, 1.82) is 0 Å². The smallest absolute Gasteiger partial charge is 0.267 e. The summed E-state index contributed by atoms with van der Waals surface area (Å²) in [5, 5.41) is 16.7. The van der Waals surface area contributed by atoms with E-state index >= 15 is 0 Å². The Labute approximate surface area is 169 Å². The first-order valence-electron chi connectivity index (χ1n) is 9.44. The first-order chi connectivity index (χ1) is 14.5. The molecule has 1 fully saturated rings. The number of halogens is 1. The molecular formula is C21H15FN6O2. The molecule has 9 heteroatoms. The van der Waals surface area contributed by atoms with Gasteiger partial charge >= 0.3 is 0 Å². The highest BCUT2D eigenvalue weighted by Gasteiger charge is 2.27. The first kappa shape index (κ1) is 18.1. The lowest BCUT2D eigenvalue weighted by molar-refractivity contribution is 0.498. The van der Waals surface area contributed by atoms with Gasteiger partial charge in [-0.2, -0.15) is 4.68 Å². The Balaban J connectivity index is 1.61. The molecule has 0 radical (unpaired) electrons. The van der Waals surface area contributed by atoms with Gasteiger partial charge in [0.15, 0.2) is 0 Å². The molecule has 0 N–H and O–H groups in total. The minimum Gasteiger partial charge on any atom is -0.267 e. The highest BCUT2D eigenvalue weighted by atomic mass is 19.1. The van der Waals surface area contributed by atoms with Gasteiger partial charge in [0, 0.05) is 6.42 Å². The molecule has 5 rings (SSSR count). The van der Waals surface area contributed by atoms with Gasteiger partial charge in [-0.15, -0.1) is 16.6 Å². The highest BCUT2D eigenvalue weighted by Crippen LogP contribution is 2.32. The predicted octanol–water partition coefficient (Wildman–Crippen LogP) is 1.79. The Bertz CT molecular complexity index is 1460. The number of rotatable bonds is 4. The van der Waals surface area contributed by atoms with Crippen LogP contribution in [0.15, 0.2) is 46.0 Å². The van der Waals surface area contributed by atoms with Crippen LogP contribution in [0.3, 0.4) is 0 Å². The van der Waals surface area contributed by atoms with E-state index in [0.717, 1.165) is 17.5 Å². The van der Waals surface area contributed by atoms with E-state index in [1.807, 2.05) is 0 Å². The van der Waals surface area contributed by atoms with Crippen LogP contribution in [0.25, 0.3) is 21.8 Å². The number of terminal acetylenes is 1. The maximum atomic E-state index is 13.5. The monoisotopic (exact) mass is 402 g/mol. The number of hydrogen-bond donors (Lipinski definition) is 0. The summed E-state index contributed by atoms with van der Waals surface area (Å²) in [6, 6.07) is 8.32. The molecule has 30 heavy (non-hydrogen) atoms. The Kier molecular flexibility index (Phi) is 4.13. The molecule has 0 aliphatic heterocycles. The lowest BCUT2D eigenvalue weighted by atomic mass is 10.1. The van der Waals surface area contributed by atoms with Crippen LogP contribution in [-0.2, 0) is 6.42 Å². The maximum absolute atomic E-state index is 13.5. The van der Waals surface area contributed by atoms with E-state index in [2.05, 4.69) is 26.5 Å². The maximum Gasteiger partial charge on any atom is 0.278 e. The second kappa shape index (κ2) is 6.84. The lowest BCUT2D eigenvalue weighted by Gasteiger charge is -2.13. The summed E-state index contributed by atoms with van der Waals surface area (Å²) in [6.07, 6.45) is 7.64. The van der Waals surface area contributed by atoms with E-state index in [9.17, 15) is 14.0 Å². The normalized spacial score (nSPS) is 14.7. The number of benzene rings is 2. The fourth-order valence-electron chi connectivity index (χ4n) is 3.47. The van der Waals surface area contributed by atoms with Crippen LogP contribution in [-0.4, -0.2) is 30.0 Å². The summed E-state index contributed by atoms with van der Waals surface area (Å²) < 4.78 is 16.0. The minimum absolute atomic E-state index is 0.0865. The average molecular weight is 402 g/mol. The Morgan fingerprint density at radius 1 is 1.07 bits per heavy atom. The number of fused-ring (bicyclic) bond motifs is 2. The van der Waals surface area contributed by atoms with Gasteiger partial charge in [0.25, 0.3) is 11.1 Å². The van der Waals surface area contributed by atoms with Crippen LogP contribution in [0.2, 0.25) is 0 Å². The molecule has 0 spiro atoms. The summed E-state index contributed by atoms with van der Waals surface area (Å²) in [5.74, 6) is 2.13. The summed E-state index contributed by atoms with van der Waals surface area (Å²) in [4.78, 5) is 25.7. The average Bonchev–Trinajstić information content (AvgIpc) is 3.58. The summed E-state index contributed by atoms with van der Waals surface area (Å²) >= 11 is 0. The van der Waals surface area contributed by atoms with Crippen molar-refractivity contribution >= 4 is 21.8 Å². The molecule has 2 aromatic heterocycles. The third-order valence-corrected chi connectivity index (χ3v) is 5.19. The summed E-state index contributed by atoms with van der Waals surface area (Å²) in [5.41, 5.74) is 0.496. The molecule has 8 nitrogen and oxygen atoms in total. The number of nitrogens with zero attached hydrogens (tertiary/aromatic N) is 6. The summed E-state index contributed by atoms with van der Waals surface area (Å²) in [7, 11) is 0. The topological polar surface area (TPSA) is 95.6 Å². The van der Waals surface area contributed by atoms with Gasteiger partial charge in [0.1, 0.15) is 22.9 Å². The molecule has 2 aromatic carbocycles. The van der Waals surface area contributed by atoms with Gasteiger partial charge in [-0.1, -0.05) is 28.5 Å². The van der Waals surface area contributed by atoms with Gasteiger partial charge in [0.2, 0.25) is 0 Å². The number of hydrogen-bond acceptors (Lipinski definition) is 6. The van der Waals surface area contributed by atoms with Crippen LogP contribution in [0.1, 0.15) is 30.5 Å². The van der Waals surface area contributed by atoms with Gasteiger partial charge in [0.05, 0.1) is 16.8 Å². The summed E-state index contributed by atoms with van der Waals surface area (Å²) in [6.45, 7) is 0. The van der Waals surface area contributed by atoms with Crippen LogP contribution in [0.4, 0.5) is 4.39 Å². The first-order valence-corrected chi connectivity index (χ1v) is 9.44. The van der Waals surface area contributed by atoms with E-state index in [-0.39, 0.29) is 34.7 Å². The standard InChI is InChI=1S/C21H15FN6O2/c1-2-14(9-12-4-3-5-13(22)8-12)27-20(29)16-10-19-17(11-18(16)23-25-27)21(30)28(26-24-19)15-6-7-15/h1,3-5,8,10-11,14-15H,6-7,9H2/t14-/m0/s1. The van der Waals surface area contributed by atoms with Crippen LogP contribution in [0.5, 0.6) is 0 Å². The van der Waals surface area contributed by atoms with Crippen molar-refractivity contribution in [2.75, 3.05) is 0 Å². The van der Waals surface area contributed by atoms with Gasteiger partial charge in [-0.3, -0.25) is 9.59 Å². The van der Waals surface area contributed by atoms with Crippen molar-refractivity contribution in [3.05, 3.63) is 68.5 Å². The molecule has 2 heterocycles. The molecule has 148 valence electrons. The third kappa shape index (κ3) is 3.03. The van der Waals surface area contributed by atoms with Crippen molar-refractivity contribution < 1.29 is 4.39 Å². The highest BCUT2D eigenvalue weighted by molar-refractivity contribution is 5.93. The second-order valence-corrected chi connectivity index (χ2v) is 7.31. The van der Waals surface area contributed by atoms with Crippen LogP contribution < -0.4 is 11.1 Å². The molecule has 1 atom stereocenters. The minimum atomic E-state index is -0.749. The van der Waals surface area contributed by atoms with Gasteiger partial charge in [-0.05, 0) is 42.7 Å². The quantitative estimate of drug-likeness (QED) is 0.382. The third-order valence-electron chi connectivity index (χ3n) is 5.19. The molecule has 0 saturated heterocycles. The Hall–Kier alpha value is -3.93. The largest absolute Gasteiger partial charge is 0.278 e. The molecule has 1 aliphatic rings. The fraction of sp³-hybridized carbons (Fsp3) is 0.238. The molecular weight excluding hydrogens is 387 g/mol. The van der Waals surface area contributed by atoms with Crippen LogP contribution in [0, 0.1) is 18.2 Å². The zero-order chi connectivity index (χ0) is 20.8. The van der Waals surface area contributed by atoms with E-state index in [0.29, 0.717) is 16.5 Å². The van der Waals surface area contributed by atoms with E-state index < -0.39 is 11.6 Å². The fourth-order valence-corrected chi connectivity index (χ4v) is 3.47. The van der Waals surface area contributed by atoms with Crippen molar-refractivity contribution in [2.24, 2.45) is 0 Å². The molecule has 1 aliphatic carbocycles. The SMILES string of the molecule is C#C[C@@H](Cc1cccc(F)c1)n1nnc2cc3c(=O)n(C4CC4)nnc3cc2c1=O. The van der Waals surface area contributed by atoms with Gasteiger partial charge < -0.3 is 0 Å². The van der Waals surface area contributed by atoms with E-state index in [1.54, 1.807) is 12.1 Å². The van der Waals surface area contributed by atoms with E-state index in [1.165, 1.54) is 28.9 Å². The lowest BCUT2D eigenvalue weighted by Crippen LogP contribution is -2.29. The number of aromatic nitrogens is 6. The van der Waals surface area contributed by atoms with Crippen molar-refractivity contribution in [3.8, 4) is 12.3 Å². The van der Waals surface area contributed by atoms with Crippen molar-refractivity contribution in [3.63, 3.8) is 0 Å². The Morgan fingerprint density at radius 2 is 1.77 bits per heavy atom. The van der Waals surface area contributed by atoms with E-state index in [4.69, 9.17) is 6.42 Å². The van der Waals surface area contributed by atoms with Crippen LogP contribution >= 0.6 is 0 Å². The zero-order valence-corrected chi connectivity index (χ0v) is 15.7. The molecule has 0 amide bonds. The molecule has 1 saturated carbocycles. The molecule has 0 unspecified atom stereocenters. The molecule has 4 aromatic rings. The molecule has 0 bridgehead atoms. The van der Waals surface area contributed by atoms with Crippen molar-refractivity contribution in [2.45, 2.75) is 31.3 Å². The zero-order valence-electron chi connectivity index (χ0n) is 15.7. The van der Waals surface area contributed by atoms with Crippen molar-refractivity contribution in [1.82, 2.24) is 30.0 Å². The van der Waals surface area contributed by atoms with Gasteiger partial charge in [-0.25, -0.2) is 9.07 Å². The second-order valence-electron chi connectivity index (χ2n) is 7.31.